The number of para-hydroxylation sites is 1. The van der Waals surface area contributed by atoms with E-state index in [1.54, 1.807) is 6.08 Å². The van der Waals surface area contributed by atoms with E-state index < -0.39 is 0 Å². The molecular formula is C18H16N2O. The highest BCUT2D eigenvalue weighted by Gasteiger charge is 2.23. The maximum Gasteiger partial charge on any atom is 0.235 e. The number of carbonyl (C=O) groups excluding carboxylic acids is 1. The van der Waals surface area contributed by atoms with Crippen molar-refractivity contribution >= 4 is 27.9 Å². The van der Waals surface area contributed by atoms with Crippen LogP contribution in [0.3, 0.4) is 0 Å². The molecule has 0 unspecified atom stereocenters. The van der Waals surface area contributed by atoms with Crippen LogP contribution in [0, 0.1) is 5.92 Å². The van der Waals surface area contributed by atoms with Gasteiger partial charge in [0.1, 0.15) is 0 Å². The largest absolute Gasteiger partial charge is 0.340 e. The first-order chi connectivity index (χ1) is 10.4. The van der Waals surface area contributed by atoms with Crippen molar-refractivity contribution in [2.75, 3.05) is 0 Å². The standard InChI is InChI=1S/C18H16N2O/c21-12-19-10-14-7-8-18-16(9-14)15-3-1-2-4-17(15)20(18)11-13-5-6-13/h1-4,7-9,13H,5-6,10-11H2. The predicted octanol–water partition coefficient (Wildman–Crippen LogP) is 4.04. The van der Waals surface area contributed by atoms with Gasteiger partial charge in [0, 0.05) is 28.4 Å². The van der Waals surface area contributed by atoms with E-state index in [4.69, 9.17) is 0 Å². The van der Waals surface area contributed by atoms with Gasteiger partial charge in [0.15, 0.2) is 0 Å². The monoisotopic (exact) mass is 276 g/mol. The highest BCUT2D eigenvalue weighted by molar-refractivity contribution is 6.08. The summed E-state index contributed by atoms with van der Waals surface area (Å²) in [6.07, 6.45) is 4.31. The Balaban J connectivity index is 1.94. The zero-order valence-corrected chi connectivity index (χ0v) is 11.7. The van der Waals surface area contributed by atoms with E-state index in [9.17, 15) is 4.79 Å². The van der Waals surface area contributed by atoms with Crippen molar-refractivity contribution in [3.63, 3.8) is 0 Å². The number of fused-ring (bicyclic) bond motifs is 3. The maximum absolute atomic E-state index is 10.3. The average Bonchev–Trinajstić information content (AvgIpc) is 3.29. The second-order valence-electron chi connectivity index (χ2n) is 5.83. The molecule has 3 aromatic rings. The minimum absolute atomic E-state index is 0.404. The highest BCUT2D eigenvalue weighted by Crippen LogP contribution is 2.36. The summed E-state index contributed by atoms with van der Waals surface area (Å²) in [5.74, 6) is 0.836. The lowest BCUT2D eigenvalue weighted by atomic mass is 10.1. The van der Waals surface area contributed by atoms with Gasteiger partial charge in [0.2, 0.25) is 6.08 Å². The summed E-state index contributed by atoms with van der Waals surface area (Å²) in [5, 5.41) is 2.54. The van der Waals surface area contributed by atoms with Gasteiger partial charge >= 0.3 is 0 Å². The molecule has 3 heteroatoms. The fourth-order valence-electron chi connectivity index (χ4n) is 3.08. The van der Waals surface area contributed by atoms with Crippen molar-refractivity contribution in [2.24, 2.45) is 10.9 Å². The molecule has 4 rings (SSSR count). The number of nitrogens with zero attached hydrogens (tertiary/aromatic N) is 2. The molecule has 0 amide bonds. The minimum Gasteiger partial charge on any atom is -0.340 e. The summed E-state index contributed by atoms with van der Waals surface area (Å²) in [4.78, 5) is 14.0. The summed E-state index contributed by atoms with van der Waals surface area (Å²) >= 11 is 0. The molecule has 1 heterocycles. The van der Waals surface area contributed by atoms with Gasteiger partial charge in [-0.2, -0.15) is 0 Å². The summed E-state index contributed by atoms with van der Waals surface area (Å²) in [7, 11) is 0. The van der Waals surface area contributed by atoms with Crippen molar-refractivity contribution in [2.45, 2.75) is 25.9 Å². The Morgan fingerprint density at radius 3 is 2.71 bits per heavy atom. The Hall–Kier alpha value is -2.38. The Labute approximate surface area is 122 Å². The number of hydrogen-bond donors (Lipinski definition) is 0. The molecule has 2 aromatic carbocycles. The Morgan fingerprint density at radius 2 is 1.90 bits per heavy atom. The molecule has 0 bridgehead atoms. The van der Waals surface area contributed by atoms with Gasteiger partial charge in [-0.25, -0.2) is 9.79 Å². The van der Waals surface area contributed by atoms with Crippen LogP contribution in [0.15, 0.2) is 47.5 Å². The third-order valence-corrected chi connectivity index (χ3v) is 4.30. The van der Waals surface area contributed by atoms with Crippen molar-refractivity contribution in [3.05, 3.63) is 48.0 Å². The molecule has 1 aromatic heterocycles. The topological polar surface area (TPSA) is 34.4 Å². The van der Waals surface area contributed by atoms with E-state index in [1.165, 1.54) is 34.6 Å². The van der Waals surface area contributed by atoms with Gasteiger partial charge < -0.3 is 4.57 Å². The lowest BCUT2D eigenvalue weighted by molar-refractivity contribution is 0.563. The van der Waals surface area contributed by atoms with Gasteiger partial charge in [-0.3, -0.25) is 0 Å². The molecule has 1 aliphatic carbocycles. The average molecular weight is 276 g/mol. The Bertz CT molecular complexity index is 867. The van der Waals surface area contributed by atoms with Crippen molar-refractivity contribution in [1.29, 1.82) is 0 Å². The zero-order chi connectivity index (χ0) is 14.2. The summed E-state index contributed by atoms with van der Waals surface area (Å²) in [6, 6.07) is 14.9. The fraction of sp³-hybridized carbons (Fsp3) is 0.278. The van der Waals surface area contributed by atoms with E-state index >= 15 is 0 Å². The summed E-state index contributed by atoms with van der Waals surface area (Å²) in [6.45, 7) is 1.51. The van der Waals surface area contributed by atoms with Gasteiger partial charge in [-0.1, -0.05) is 24.3 Å². The molecule has 0 N–H and O–H groups in total. The predicted molar refractivity (Wildman–Crippen MR) is 84.0 cm³/mol. The molecule has 0 atom stereocenters. The van der Waals surface area contributed by atoms with E-state index in [0.717, 1.165) is 18.0 Å². The minimum atomic E-state index is 0.404. The normalized spacial score (nSPS) is 14.5. The fourth-order valence-corrected chi connectivity index (χ4v) is 3.08. The van der Waals surface area contributed by atoms with Gasteiger partial charge in [0.25, 0.3) is 0 Å². The molecule has 3 nitrogen and oxygen atoms in total. The molecule has 1 fully saturated rings. The molecule has 0 radical (unpaired) electrons. The molecule has 0 spiro atoms. The number of aromatic nitrogens is 1. The van der Waals surface area contributed by atoms with E-state index in [2.05, 4.69) is 52.0 Å². The summed E-state index contributed by atoms with van der Waals surface area (Å²) < 4.78 is 2.44. The van der Waals surface area contributed by atoms with Crippen LogP contribution in [0.2, 0.25) is 0 Å². The van der Waals surface area contributed by atoms with Crippen molar-refractivity contribution in [3.8, 4) is 0 Å². The smallest absolute Gasteiger partial charge is 0.235 e. The number of rotatable bonds is 4. The van der Waals surface area contributed by atoms with E-state index in [0.29, 0.717) is 6.54 Å². The van der Waals surface area contributed by atoms with Crippen LogP contribution in [-0.4, -0.2) is 10.6 Å². The molecule has 1 aliphatic rings. The Morgan fingerprint density at radius 1 is 1.10 bits per heavy atom. The molecular weight excluding hydrogens is 260 g/mol. The Kier molecular flexibility index (Phi) is 2.87. The van der Waals surface area contributed by atoms with E-state index in [1.807, 2.05) is 0 Å². The molecule has 0 saturated heterocycles. The van der Waals surface area contributed by atoms with Crippen LogP contribution in [0.5, 0.6) is 0 Å². The van der Waals surface area contributed by atoms with Crippen LogP contribution in [0.25, 0.3) is 21.8 Å². The van der Waals surface area contributed by atoms with Crippen LogP contribution in [-0.2, 0) is 17.9 Å². The second-order valence-corrected chi connectivity index (χ2v) is 5.83. The van der Waals surface area contributed by atoms with E-state index in [-0.39, 0.29) is 0 Å². The molecule has 0 aliphatic heterocycles. The van der Waals surface area contributed by atoms with Crippen LogP contribution < -0.4 is 0 Å². The third-order valence-electron chi connectivity index (χ3n) is 4.30. The molecule has 104 valence electrons. The molecule has 1 saturated carbocycles. The van der Waals surface area contributed by atoms with Crippen molar-refractivity contribution in [1.82, 2.24) is 4.57 Å². The van der Waals surface area contributed by atoms with Gasteiger partial charge in [-0.15, -0.1) is 0 Å². The highest BCUT2D eigenvalue weighted by atomic mass is 16.1. The molecule has 21 heavy (non-hydrogen) atoms. The first kappa shape index (κ1) is 12.4. The first-order valence-corrected chi connectivity index (χ1v) is 7.40. The van der Waals surface area contributed by atoms with Crippen LogP contribution in [0.1, 0.15) is 18.4 Å². The van der Waals surface area contributed by atoms with Gasteiger partial charge in [0.05, 0.1) is 6.54 Å². The zero-order valence-electron chi connectivity index (χ0n) is 11.7. The number of benzene rings is 2. The lowest BCUT2D eigenvalue weighted by Crippen LogP contribution is -1.98. The SMILES string of the molecule is O=C=NCc1ccc2c(c1)c1ccccc1n2CC1CC1. The van der Waals surface area contributed by atoms with Crippen LogP contribution in [0.4, 0.5) is 0 Å². The number of aliphatic imine (C=N–C) groups is 1. The third kappa shape index (κ3) is 2.16. The lowest BCUT2D eigenvalue weighted by Gasteiger charge is -2.06. The summed E-state index contributed by atoms with van der Waals surface area (Å²) in [5.41, 5.74) is 3.64. The number of hydrogen-bond acceptors (Lipinski definition) is 2. The second kappa shape index (κ2) is 4.87. The van der Waals surface area contributed by atoms with Gasteiger partial charge in [-0.05, 0) is 42.5 Å². The maximum atomic E-state index is 10.3. The van der Waals surface area contributed by atoms with Crippen LogP contribution >= 0.6 is 0 Å². The van der Waals surface area contributed by atoms with Crippen molar-refractivity contribution < 1.29 is 4.79 Å². The first-order valence-electron chi connectivity index (χ1n) is 7.40. The quantitative estimate of drug-likeness (QED) is 0.523. The number of isocyanates is 1.